The first-order valence-electron chi connectivity index (χ1n) is 9.29. The number of carbonyl (C=O) groups is 2. The molecular weight excluding hydrogens is 358 g/mol. The van der Waals surface area contributed by atoms with Gasteiger partial charge in [-0.05, 0) is 43.7 Å². The van der Waals surface area contributed by atoms with Gasteiger partial charge in [0.1, 0.15) is 0 Å². The molecule has 0 spiro atoms. The molecule has 148 valence electrons. The minimum absolute atomic E-state index is 0.124. The van der Waals surface area contributed by atoms with E-state index in [4.69, 9.17) is 9.84 Å². The van der Waals surface area contributed by atoms with E-state index in [0.29, 0.717) is 6.54 Å². The van der Waals surface area contributed by atoms with Crippen molar-refractivity contribution in [3.05, 3.63) is 59.7 Å². The molecule has 2 aromatic carbocycles. The lowest BCUT2D eigenvalue weighted by Crippen LogP contribution is -2.45. The lowest BCUT2D eigenvalue weighted by Gasteiger charge is -2.37. The lowest BCUT2D eigenvalue weighted by molar-refractivity contribution is -0.00517. The van der Waals surface area contributed by atoms with Crippen LogP contribution in [0.25, 0.3) is 0 Å². The van der Waals surface area contributed by atoms with Crippen molar-refractivity contribution in [1.82, 2.24) is 5.32 Å². The fourth-order valence-corrected chi connectivity index (χ4v) is 3.34. The summed E-state index contributed by atoms with van der Waals surface area (Å²) < 4.78 is 5.79. The Morgan fingerprint density at radius 3 is 2.36 bits per heavy atom. The van der Waals surface area contributed by atoms with Crippen LogP contribution in [0.4, 0.5) is 16.2 Å². The van der Waals surface area contributed by atoms with Crippen molar-refractivity contribution >= 4 is 23.4 Å². The fourth-order valence-electron chi connectivity index (χ4n) is 3.34. The zero-order valence-electron chi connectivity index (χ0n) is 16.0. The van der Waals surface area contributed by atoms with Gasteiger partial charge in [0.05, 0.1) is 29.1 Å². The van der Waals surface area contributed by atoms with Gasteiger partial charge in [0.2, 0.25) is 0 Å². The van der Waals surface area contributed by atoms with Gasteiger partial charge >= 0.3 is 12.0 Å². The van der Waals surface area contributed by atoms with Crippen LogP contribution in [0.2, 0.25) is 0 Å². The van der Waals surface area contributed by atoms with Gasteiger partial charge < -0.3 is 25.4 Å². The van der Waals surface area contributed by atoms with Crippen LogP contribution in [0.5, 0.6) is 0 Å². The van der Waals surface area contributed by atoms with Gasteiger partial charge in [-0.25, -0.2) is 9.59 Å². The summed E-state index contributed by atoms with van der Waals surface area (Å²) in [6.45, 7) is 5.92. The molecule has 2 atom stereocenters. The highest BCUT2D eigenvalue weighted by atomic mass is 16.5. The van der Waals surface area contributed by atoms with Crippen LogP contribution < -0.4 is 15.5 Å². The number of carboxylic acid groups (broad SMARTS) is 1. The Balaban J connectivity index is 1.62. The van der Waals surface area contributed by atoms with Crippen LogP contribution in [0.3, 0.4) is 0 Å². The van der Waals surface area contributed by atoms with Crippen molar-refractivity contribution in [3.63, 3.8) is 0 Å². The second-order valence-corrected chi connectivity index (χ2v) is 6.99. The van der Waals surface area contributed by atoms with Gasteiger partial charge in [0.25, 0.3) is 0 Å². The average Bonchev–Trinajstić information content (AvgIpc) is 2.66. The summed E-state index contributed by atoms with van der Waals surface area (Å²) in [4.78, 5) is 25.5. The first kappa shape index (κ1) is 19.7. The van der Waals surface area contributed by atoms with Crippen molar-refractivity contribution in [1.29, 1.82) is 0 Å². The summed E-state index contributed by atoms with van der Waals surface area (Å²) in [6.07, 6.45) is 0.249. The molecule has 2 amide bonds. The maximum absolute atomic E-state index is 12.4. The number of morpholine rings is 1. The molecule has 1 saturated heterocycles. The molecule has 1 fully saturated rings. The van der Waals surface area contributed by atoms with Crippen LogP contribution >= 0.6 is 0 Å². The van der Waals surface area contributed by atoms with E-state index in [1.165, 1.54) is 12.1 Å². The van der Waals surface area contributed by atoms with Gasteiger partial charge in [-0.1, -0.05) is 24.3 Å². The SMILES string of the molecule is CC1CN(c2ccccc2NC(=O)NCc2ccc(C(=O)O)cc2)CC(C)O1. The van der Waals surface area contributed by atoms with Crippen molar-refractivity contribution in [2.75, 3.05) is 23.3 Å². The third-order valence-electron chi connectivity index (χ3n) is 4.57. The molecule has 1 heterocycles. The molecule has 0 aliphatic carbocycles. The summed E-state index contributed by atoms with van der Waals surface area (Å²) in [5.74, 6) is -0.972. The summed E-state index contributed by atoms with van der Waals surface area (Å²) in [5.41, 5.74) is 2.74. The quantitative estimate of drug-likeness (QED) is 0.737. The van der Waals surface area contributed by atoms with Crippen molar-refractivity contribution in [2.45, 2.75) is 32.6 Å². The normalized spacial score (nSPS) is 19.1. The molecule has 0 aromatic heterocycles. The van der Waals surface area contributed by atoms with Gasteiger partial charge in [0.15, 0.2) is 0 Å². The number of nitrogens with one attached hydrogen (secondary N) is 2. The van der Waals surface area contributed by atoms with Gasteiger partial charge in [-0.2, -0.15) is 0 Å². The van der Waals surface area contributed by atoms with Crippen LogP contribution in [-0.4, -0.2) is 42.4 Å². The minimum Gasteiger partial charge on any atom is -0.478 e. The first-order chi connectivity index (χ1) is 13.4. The molecule has 0 bridgehead atoms. The smallest absolute Gasteiger partial charge is 0.335 e. The van der Waals surface area contributed by atoms with Gasteiger partial charge in [0, 0.05) is 19.6 Å². The Hall–Kier alpha value is -3.06. The number of hydrogen-bond donors (Lipinski definition) is 3. The average molecular weight is 383 g/mol. The zero-order chi connectivity index (χ0) is 20.1. The predicted octanol–water partition coefficient (Wildman–Crippen LogP) is 3.32. The molecule has 2 unspecified atom stereocenters. The Kier molecular flexibility index (Phi) is 6.16. The molecule has 1 aliphatic rings. The number of carbonyl (C=O) groups excluding carboxylic acids is 1. The van der Waals surface area contributed by atoms with Crippen molar-refractivity contribution in [2.24, 2.45) is 0 Å². The number of nitrogens with zero attached hydrogens (tertiary/aromatic N) is 1. The van der Waals surface area contributed by atoms with Crippen molar-refractivity contribution in [3.8, 4) is 0 Å². The fraction of sp³-hybridized carbons (Fsp3) is 0.333. The number of rotatable bonds is 5. The van der Waals surface area contributed by atoms with E-state index in [9.17, 15) is 9.59 Å². The monoisotopic (exact) mass is 383 g/mol. The molecule has 28 heavy (non-hydrogen) atoms. The summed E-state index contributed by atoms with van der Waals surface area (Å²) >= 11 is 0. The zero-order valence-corrected chi connectivity index (χ0v) is 16.0. The van der Waals surface area contributed by atoms with Crippen molar-refractivity contribution < 1.29 is 19.4 Å². The molecule has 2 aromatic rings. The number of aromatic carboxylic acids is 1. The Morgan fingerprint density at radius 2 is 1.71 bits per heavy atom. The topological polar surface area (TPSA) is 90.9 Å². The third kappa shape index (κ3) is 5.01. The van der Waals surface area contributed by atoms with Crippen LogP contribution in [-0.2, 0) is 11.3 Å². The summed E-state index contributed by atoms with van der Waals surface area (Å²) in [7, 11) is 0. The second-order valence-electron chi connectivity index (χ2n) is 6.99. The Labute approximate surface area is 164 Å². The maximum Gasteiger partial charge on any atom is 0.335 e. The molecule has 1 aliphatic heterocycles. The number of hydrogen-bond acceptors (Lipinski definition) is 4. The number of benzene rings is 2. The van der Waals surface area contributed by atoms with Crippen LogP contribution in [0, 0.1) is 0 Å². The number of urea groups is 1. The van der Waals surface area contributed by atoms with Gasteiger partial charge in [-0.3, -0.25) is 0 Å². The largest absolute Gasteiger partial charge is 0.478 e. The number of ether oxygens (including phenoxy) is 1. The lowest BCUT2D eigenvalue weighted by atomic mass is 10.1. The predicted molar refractivity (Wildman–Crippen MR) is 108 cm³/mol. The molecular formula is C21H25N3O4. The van der Waals surface area contributed by atoms with E-state index in [2.05, 4.69) is 15.5 Å². The number of anilines is 2. The van der Waals surface area contributed by atoms with E-state index < -0.39 is 5.97 Å². The second kappa shape index (κ2) is 8.75. The van der Waals surface area contributed by atoms with E-state index >= 15 is 0 Å². The minimum atomic E-state index is -0.972. The highest BCUT2D eigenvalue weighted by molar-refractivity contribution is 5.93. The van der Waals surface area contributed by atoms with Crippen LogP contribution in [0.1, 0.15) is 29.8 Å². The molecule has 7 nitrogen and oxygen atoms in total. The Bertz CT molecular complexity index is 828. The number of carboxylic acids is 1. The Morgan fingerprint density at radius 1 is 1.07 bits per heavy atom. The molecule has 3 N–H and O–H groups in total. The molecule has 0 saturated carbocycles. The number of para-hydroxylation sites is 2. The summed E-state index contributed by atoms with van der Waals surface area (Å²) in [5, 5.41) is 14.6. The highest BCUT2D eigenvalue weighted by Crippen LogP contribution is 2.28. The van der Waals surface area contributed by atoms with Crippen LogP contribution in [0.15, 0.2) is 48.5 Å². The van der Waals surface area contributed by atoms with E-state index in [1.807, 2.05) is 38.1 Å². The van der Waals surface area contributed by atoms with E-state index in [-0.39, 0.29) is 23.8 Å². The van der Waals surface area contributed by atoms with E-state index in [1.54, 1.807) is 12.1 Å². The van der Waals surface area contributed by atoms with E-state index in [0.717, 1.165) is 30.0 Å². The number of amides is 2. The first-order valence-corrected chi connectivity index (χ1v) is 9.29. The maximum atomic E-state index is 12.4. The standard InChI is InChI=1S/C21H25N3O4/c1-14-12-24(13-15(2)28-14)19-6-4-3-5-18(19)23-21(27)22-11-16-7-9-17(10-8-16)20(25)26/h3-10,14-15H,11-13H2,1-2H3,(H,25,26)(H2,22,23,27). The third-order valence-corrected chi connectivity index (χ3v) is 4.57. The van der Waals surface area contributed by atoms with Gasteiger partial charge in [-0.15, -0.1) is 0 Å². The highest BCUT2D eigenvalue weighted by Gasteiger charge is 2.24. The summed E-state index contributed by atoms with van der Waals surface area (Å²) in [6, 6.07) is 13.8. The molecule has 3 rings (SSSR count). The molecule has 7 heteroatoms. The molecule has 0 radical (unpaired) electrons.